The summed E-state index contributed by atoms with van der Waals surface area (Å²) in [6.45, 7) is 3.66. The zero-order chi connectivity index (χ0) is 20.4. The van der Waals surface area contributed by atoms with Crippen LogP contribution in [0.15, 0.2) is 30.3 Å². The number of carbonyl (C=O) groups excluding carboxylic acids is 2. The number of amides is 3. The van der Waals surface area contributed by atoms with Gasteiger partial charge in [-0.1, -0.05) is 37.3 Å². The predicted octanol–water partition coefficient (Wildman–Crippen LogP) is 2.65. The number of urea groups is 1. The lowest BCUT2D eigenvalue weighted by Crippen LogP contribution is -2.55. The van der Waals surface area contributed by atoms with Crippen LogP contribution in [0.3, 0.4) is 0 Å². The summed E-state index contributed by atoms with van der Waals surface area (Å²) < 4.78 is 0. The average molecular weight is 387 g/mol. The van der Waals surface area contributed by atoms with Gasteiger partial charge in [0, 0.05) is 25.7 Å². The average Bonchev–Trinajstić information content (AvgIpc) is 2.95. The monoisotopic (exact) mass is 386 g/mol. The Morgan fingerprint density at radius 3 is 2.32 bits per heavy atom. The van der Waals surface area contributed by atoms with Crippen molar-refractivity contribution >= 4 is 11.9 Å². The van der Waals surface area contributed by atoms with Gasteiger partial charge in [-0.05, 0) is 51.8 Å². The van der Waals surface area contributed by atoms with E-state index in [-0.39, 0.29) is 29.6 Å². The van der Waals surface area contributed by atoms with Gasteiger partial charge in [-0.25, -0.2) is 4.79 Å². The maximum Gasteiger partial charge on any atom is 0.321 e. The fraction of sp³-hybridized carbons (Fsp3) is 0.636. The highest BCUT2D eigenvalue weighted by molar-refractivity contribution is 5.85. The van der Waals surface area contributed by atoms with Crippen LogP contribution in [-0.4, -0.2) is 73.0 Å². The Kier molecular flexibility index (Phi) is 5.98. The first-order valence-electron chi connectivity index (χ1n) is 10.4. The molecule has 1 spiro atoms. The van der Waals surface area contributed by atoms with Gasteiger partial charge in [0.15, 0.2) is 0 Å². The molecule has 3 amide bonds. The second-order valence-electron chi connectivity index (χ2n) is 8.48. The third-order valence-electron chi connectivity index (χ3n) is 6.79. The molecule has 1 aromatic rings. The van der Waals surface area contributed by atoms with E-state index in [9.17, 15) is 9.59 Å². The van der Waals surface area contributed by atoms with Crippen molar-refractivity contribution in [3.63, 3.8) is 0 Å². The summed E-state index contributed by atoms with van der Waals surface area (Å²) in [6, 6.07) is 10.7. The lowest BCUT2D eigenvalue weighted by Gasteiger charge is -2.51. The highest BCUT2D eigenvalue weighted by Crippen LogP contribution is 2.48. The van der Waals surface area contributed by atoms with Crippen LogP contribution < -0.4 is 5.32 Å². The van der Waals surface area contributed by atoms with Gasteiger partial charge in [-0.3, -0.25) is 9.69 Å². The lowest BCUT2D eigenvalue weighted by molar-refractivity contribution is -0.121. The third kappa shape index (κ3) is 3.50. The van der Waals surface area contributed by atoms with E-state index < -0.39 is 0 Å². The Morgan fingerprint density at radius 2 is 1.79 bits per heavy atom. The van der Waals surface area contributed by atoms with Crippen LogP contribution in [0.4, 0.5) is 4.79 Å². The second-order valence-corrected chi connectivity index (χ2v) is 8.48. The van der Waals surface area contributed by atoms with Gasteiger partial charge in [0.1, 0.15) is 6.54 Å². The Morgan fingerprint density at radius 1 is 1.14 bits per heavy atom. The number of hydrogen-bond donors (Lipinski definition) is 1. The molecular weight excluding hydrogens is 352 g/mol. The zero-order valence-corrected chi connectivity index (χ0v) is 17.7. The van der Waals surface area contributed by atoms with Crippen LogP contribution in [0, 0.1) is 0 Å². The molecule has 1 aliphatic carbocycles. The Bertz CT molecular complexity index is 696. The van der Waals surface area contributed by atoms with E-state index in [0.717, 1.165) is 38.6 Å². The molecule has 0 aromatic heterocycles. The van der Waals surface area contributed by atoms with Crippen molar-refractivity contribution < 1.29 is 9.59 Å². The number of rotatable bonds is 6. The number of carbonyl (C=O) groups is 2. The van der Waals surface area contributed by atoms with Crippen molar-refractivity contribution in [1.82, 2.24) is 20.0 Å². The van der Waals surface area contributed by atoms with Crippen molar-refractivity contribution in [3.8, 4) is 0 Å². The highest BCUT2D eigenvalue weighted by Gasteiger charge is 2.54. The molecule has 0 bridgehead atoms. The first kappa shape index (κ1) is 20.6. The molecule has 2 aliphatic rings. The molecule has 0 unspecified atom stereocenters. The largest absolute Gasteiger partial charge is 0.358 e. The summed E-state index contributed by atoms with van der Waals surface area (Å²) in [5, 5.41) is 2.64. The predicted molar refractivity (Wildman–Crippen MR) is 111 cm³/mol. The number of likely N-dealkylation sites (N-methyl/N-ethyl adjacent to an activating group) is 1. The molecule has 3 rings (SSSR count). The Balaban J connectivity index is 1.85. The number of nitrogens with zero attached hydrogens (tertiary/aromatic N) is 3. The van der Waals surface area contributed by atoms with E-state index in [1.54, 1.807) is 11.9 Å². The van der Waals surface area contributed by atoms with Crippen LogP contribution in [-0.2, 0) is 10.3 Å². The molecule has 154 valence electrons. The summed E-state index contributed by atoms with van der Waals surface area (Å²) in [4.78, 5) is 31.1. The van der Waals surface area contributed by atoms with Crippen LogP contribution in [0.5, 0.6) is 0 Å². The standard InChI is InChI=1S/C22H34N4O2/c1-5-15-26-20(28)25(16-19(27)23-2)17-21(26)11-13-22(14-12-21,24(3)4)18-9-7-6-8-10-18/h6-10H,5,11-17H2,1-4H3,(H,23,27)/t21-,22-. The number of benzene rings is 1. The van der Waals surface area contributed by atoms with Gasteiger partial charge in [0.25, 0.3) is 0 Å². The maximum absolute atomic E-state index is 13.0. The quantitative estimate of drug-likeness (QED) is 0.818. The van der Waals surface area contributed by atoms with Crippen LogP contribution in [0.2, 0.25) is 0 Å². The van der Waals surface area contributed by atoms with Crippen LogP contribution in [0.25, 0.3) is 0 Å². The van der Waals surface area contributed by atoms with E-state index in [0.29, 0.717) is 6.54 Å². The molecule has 1 N–H and O–H groups in total. The fourth-order valence-electron chi connectivity index (χ4n) is 5.11. The summed E-state index contributed by atoms with van der Waals surface area (Å²) in [5.74, 6) is -0.107. The van der Waals surface area contributed by atoms with Gasteiger partial charge >= 0.3 is 6.03 Å². The van der Waals surface area contributed by atoms with Crippen molar-refractivity contribution in [2.45, 2.75) is 50.1 Å². The molecule has 6 heteroatoms. The normalized spacial score (nSPS) is 27.7. The fourth-order valence-corrected chi connectivity index (χ4v) is 5.11. The molecule has 1 aromatic carbocycles. The molecule has 2 fully saturated rings. The molecule has 1 saturated heterocycles. The van der Waals surface area contributed by atoms with E-state index in [1.807, 2.05) is 0 Å². The van der Waals surface area contributed by atoms with Crippen molar-refractivity contribution in [1.29, 1.82) is 0 Å². The van der Waals surface area contributed by atoms with Gasteiger partial charge in [0.05, 0.1) is 5.54 Å². The minimum atomic E-state index is -0.157. The van der Waals surface area contributed by atoms with Gasteiger partial charge in [-0.2, -0.15) is 0 Å². The Hall–Kier alpha value is -2.08. The SMILES string of the molecule is CCCN1C(=O)N(CC(=O)NC)C[C@]12CC[C@@](c1ccccc1)(N(C)C)CC2. The Labute approximate surface area is 168 Å². The smallest absolute Gasteiger partial charge is 0.321 e. The number of nitrogens with one attached hydrogen (secondary N) is 1. The lowest BCUT2D eigenvalue weighted by atomic mass is 9.68. The second kappa shape index (κ2) is 8.11. The third-order valence-corrected chi connectivity index (χ3v) is 6.79. The van der Waals surface area contributed by atoms with Crippen molar-refractivity contribution in [3.05, 3.63) is 35.9 Å². The zero-order valence-electron chi connectivity index (χ0n) is 17.7. The summed E-state index contributed by atoms with van der Waals surface area (Å²) in [5.41, 5.74) is 1.19. The van der Waals surface area contributed by atoms with Gasteiger partial charge < -0.3 is 15.1 Å². The van der Waals surface area contributed by atoms with E-state index in [4.69, 9.17) is 0 Å². The van der Waals surface area contributed by atoms with Crippen molar-refractivity contribution in [2.75, 3.05) is 40.8 Å². The minimum absolute atomic E-state index is 0.00164. The summed E-state index contributed by atoms with van der Waals surface area (Å²) >= 11 is 0. The van der Waals surface area contributed by atoms with E-state index >= 15 is 0 Å². The topological polar surface area (TPSA) is 55.9 Å². The molecular formula is C22H34N4O2. The minimum Gasteiger partial charge on any atom is -0.358 e. The molecule has 0 radical (unpaired) electrons. The molecule has 28 heavy (non-hydrogen) atoms. The molecule has 6 nitrogen and oxygen atoms in total. The number of hydrogen-bond acceptors (Lipinski definition) is 3. The first-order valence-corrected chi connectivity index (χ1v) is 10.4. The molecule has 0 atom stereocenters. The molecule has 1 saturated carbocycles. The van der Waals surface area contributed by atoms with Crippen LogP contribution >= 0.6 is 0 Å². The summed E-state index contributed by atoms with van der Waals surface area (Å²) in [6.07, 6.45) is 4.85. The molecule has 1 aliphatic heterocycles. The van der Waals surface area contributed by atoms with Crippen LogP contribution in [0.1, 0.15) is 44.6 Å². The van der Waals surface area contributed by atoms with E-state index in [2.05, 4.69) is 66.5 Å². The van der Waals surface area contributed by atoms with Gasteiger partial charge in [0.2, 0.25) is 5.91 Å². The highest BCUT2D eigenvalue weighted by atomic mass is 16.2. The van der Waals surface area contributed by atoms with E-state index in [1.165, 1.54) is 5.56 Å². The van der Waals surface area contributed by atoms with Gasteiger partial charge in [-0.15, -0.1) is 0 Å². The molecule has 1 heterocycles. The maximum atomic E-state index is 13.0. The first-order chi connectivity index (χ1) is 13.4. The van der Waals surface area contributed by atoms with Crippen molar-refractivity contribution in [2.24, 2.45) is 0 Å². The summed E-state index contributed by atoms with van der Waals surface area (Å²) in [7, 11) is 5.94.